The van der Waals surface area contributed by atoms with E-state index in [1.165, 1.54) is 0 Å². The van der Waals surface area contributed by atoms with Crippen LogP contribution in [0.25, 0.3) is 0 Å². The smallest absolute Gasteiger partial charge is 0.262 e. The van der Waals surface area contributed by atoms with Gasteiger partial charge in [0.2, 0.25) is 11.8 Å². The summed E-state index contributed by atoms with van der Waals surface area (Å²) < 4.78 is 0. The number of carbonyl (C=O) groups excluding carboxylic acids is 5. The highest BCUT2D eigenvalue weighted by atomic mass is 35.5. The molecule has 5 heterocycles. The van der Waals surface area contributed by atoms with Crippen LogP contribution in [0.5, 0.6) is 0 Å². The van der Waals surface area contributed by atoms with E-state index in [-0.39, 0.29) is 30.7 Å². The van der Waals surface area contributed by atoms with Crippen LogP contribution in [-0.2, 0) is 22.7 Å². The van der Waals surface area contributed by atoms with Gasteiger partial charge in [0, 0.05) is 93.8 Å². The number of amides is 5. The van der Waals surface area contributed by atoms with Crippen LogP contribution in [0.1, 0.15) is 99.1 Å². The summed E-state index contributed by atoms with van der Waals surface area (Å²) >= 11 is 6.27. The van der Waals surface area contributed by atoms with Crippen molar-refractivity contribution in [1.29, 1.82) is 5.26 Å². The fourth-order valence-corrected chi connectivity index (χ4v) is 10.1. The Balaban J connectivity index is 0.709. The van der Waals surface area contributed by atoms with E-state index in [2.05, 4.69) is 55.5 Å². The Hall–Kier alpha value is -5.29. The zero-order chi connectivity index (χ0) is 40.2. The molecule has 3 saturated heterocycles. The third-order valence-electron chi connectivity index (χ3n) is 13.4. The van der Waals surface area contributed by atoms with Gasteiger partial charge in [-0.2, -0.15) is 5.26 Å². The van der Waals surface area contributed by atoms with Crippen molar-refractivity contribution in [3.05, 3.63) is 93.0 Å². The molecule has 1 atom stereocenters. The van der Waals surface area contributed by atoms with Gasteiger partial charge in [-0.15, -0.1) is 0 Å². The van der Waals surface area contributed by atoms with Gasteiger partial charge >= 0.3 is 0 Å². The molecule has 0 bridgehead atoms. The van der Waals surface area contributed by atoms with Crippen molar-refractivity contribution in [2.45, 2.75) is 94.7 Å². The summed E-state index contributed by atoms with van der Waals surface area (Å²) in [5.74, 6) is -1.92. The molecule has 5 amide bonds. The molecule has 1 saturated carbocycles. The van der Waals surface area contributed by atoms with E-state index in [0.717, 1.165) is 105 Å². The number of anilines is 2. The van der Waals surface area contributed by atoms with Crippen LogP contribution in [0.4, 0.5) is 11.4 Å². The average Bonchev–Trinajstić information content (AvgIpc) is 3.73. The molecule has 1 aliphatic carbocycles. The van der Waals surface area contributed by atoms with Gasteiger partial charge in [-0.1, -0.05) is 11.6 Å². The minimum Gasteiger partial charge on any atom is -0.372 e. The van der Waals surface area contributed by atoms with Gasteiger partial charge < -0.3 is 15.1 Å². The summed E-state index contributed by atoms with van der Waals surface area (Å²) in [6, 6.07) is 19.8. The second kappa shape index (κ2) is 15.5. The molecule has 3 aromatic rings. The lowest BCUT2D eigenvalue weighted by atomic mass is 9.90. The van der Waals surface area contributed by atoms with Crippen LogP contribution < -0.4 is 20.4 Å². The fourth-order valence-electron chi connectivity index (χ4n) is 9.88. The van der Waals surface area contributed by atoms with Gasteiger partial charge in [0.15, 0.2) is 0 Å². The molecular formula is C44H47ClN8O5. The molecule has 13 nitrogen and oxygen atoms in total. The van der Waals surface area contributed by atoms with Crippen LogP contribution in [-0.4, -0.2) is 108 Å². The first-order chi connectivity index (χ1) is 28.0. The van der Waals surface area contributed by atoms with Crippen LogP contribution in [0.2, 0.25) is 5.02 Å². The lowest BCUT2D eigenvalue weighted by molar-refractivity contribution is -0.136. The molecule has 14 heteroatoms. The van der Waals surface area contributed by atoms with Crippen molar-refractivity contribution in [2.75, 3.05) is 43.0 Å². The number of likely N-dealkylation sites (tertiary alicyclic amines) is 1. The highest BCUT2D eigenvalue weighted by Gasteiger charge is 2.46. The number of nitrogens with zero attached hydrogens (tertiary/aromatic N) is 6. The van der Waals surface area contributed by atoms with E-state index >= 15 is 0 Å². The largest absolute Gasteiger partial charge is 0.372 e. The number of benzene rings is 3. The van der Waals surface area contributed by atoms with Gasteiger partial charge in [0.05, 0.1) is 21.7 Å². The maximum Gasteiger partial charge on any atom is 0.262 e. The number of hydrogen-bond donors (Lipinski definition) is 2. The monoisotopic (exact) mass is 802 g/mol. The lowest BCUT2D eigenvalue weighted by Crippen LogP contribution is -2.62. The Morgan fingerprint density at radius 3 is 2.09 bits per heavy atom. The van der Waals surface area contributed by atoms with Crippen molar-refractivity contribution >= 4 is 52.5 Å². The van der Waals surface area contributed by atoms with E-state index in [4.69, 9.17) is 11.6 Å². The molecule has 300 valence electrons. The minimum atomic E-state index is -0.955. The summed E-state index contributed by atoms with van der Waals surface area (Å²) in [5, 5.41) is 15.2. The van der Waals surface area contributed by atoms with Gasteiger partial charge in [-0.05, 0) is 111 Å². The van der Waals surface area contributed by atoms with Crippen molar-refractivity contribution in [1.82, 2.24) is 25.3 Å². The van der Waals surface area contributed by atoms with Crippen LogP contribution in [0.3, 0.4) is 0 Å². The third kappa shape index (κ3) is 7.11. The van der Waals surface area contributed by atoms with Gasteiger partial charge in [-0.3, -0.25) is 44.0 Å². The first kappa shape index (κ1) is 38.2. The Labute approximate surface area is 342 Å². The number of nitriles is 1. The van der Waals surface area contributed by atoms with E-state index in [1.54, 1.807) is 6.07 Å². The second-order valence-corrected chi connectivity index (χ2v) is 17.2. The van der Waals surface area contributed by atoms with Crippen molar-refractivity contribution in [3.8, 4) is 6.07 Å². The number of rotatable bonds is 8. The normalized spacial score (nSPS) is 24.3. The van der Waals surface area contributed by atoms with Gasteiger partial charge in [0.1, 0.15) is 12.1 Å². The molecule has 58 heavy (non-hydrogen) atoms. The number of hydrogen-bond acceptors (Lipinski definition) is 10. The summed E-state index contributed by atoms with van der Waals surface area (Å²) in [6.45, 7) is 5.36. The van der Waals surface area contributed by atoms with E-state index < -0.39 is 23.8 Å². The van der Waals surface area contributed by atoms with Crippen LogP contribution in [0, 0.1) is 11.3 Å². The van der Waals surface area contributed by atoms with Crippen molar-refractivity contribution < 1.29 is 24.0 Å². The molecule has 1 unspecified atom stereocenters. The first-order valence-electron chi connectivity index (χ1n) is 20.5. The Morgan fingerprint density at radius 1 is 0.828 bits per heavy atom. The Bertz CT molecular complexity index is 2170. The molecule has 0 aromatic heterocycles. The van der Waals surface area contributed by atoms with Gasteiger partial charge in [0.25, 0.3) is 17.7 Å². The number of nitrogens with one attached hydrogen (secondary N) is 2. The Kier molecular flexibility index (Phi) is 10.2. The number of carbonyl (C=O) groups is 5. The summed E-state index contributed by atoms with van der Waals surface area (Å²) in [7, 11) is 2.06. The topological polar surface area (TPSA) is 149 Å². The summed E-state index contributed by atoms with van der Waals surface area (Å²) in [6.07, 6.45) is 6.13. The summed E-state index contributed by atoms with van der Waals surface area (Å²) in [4.78, 5) is 74.6. The van der Waals surface area contributed by atoms with Crippen LogP contribution in [0.15, 0.2) is 54.6 Å². The highest BCUT2D eigenvalue weighted by molar-refractivity contribution is 6.32. The Morgan fingerprint density at radius 2 is 1.48 bits per heavy atom. The number of imide groups is 2. The fraction of sp³-hybridized carbons (Fsp3) is 0.455. The predicted octanol–water partition coefficient (Wildman–Crippen LogP) is 4.46. The quantitative estimate of drug-likeness (QED) is 0.313. The molecule has 0 spiro atoms. The average molecular weight is 803 g/mol. The molecule has 4 fully saturated rings. The molecule has 0 radical (unpaired) electrons. The van der Waals surface area contributed by atoms with Crippen LogP contribution >= 0.6 is 11.6 Å². The summed E-state index contributed by atoms with van der Waals surface area (Å²) in [5.41, 5.74) is 6.10. The predicted molar refractivity (Wildman–Crippen MR) is 217 cm³/mol. The molecular weight excluding hydrogens is 756 g/mol. The number of piperidine rings is 2. The van der Waals surface area contributed by atoms with E-state index in [9.17, 15) is 29.2 Å². The SMILES string of the molecule is CN(c1ccc(C#N)c(Cl)c1)[C@H]1CC[C@H](NC(=O)c2ccc(N3CCC(N4CC(N5Cc6cc7c(cc6C5)C(=O)N(C5CCC(=O)NC5=O)C7=O)C4)CC3)cc2)CC1. The van der Waals surface area contributed by atoms with E-state index in [0.29, 0.717) is 45.4 Å². The second-order valence-electron chi connectivity index (χ2n) is 16.8. The standard InChI is InChI=1S/C44H47ClN8O5/c1-49(34-9-4-27(21-46)38(45)20-34)31-10-5-30(6-11-31)47-41(55)26-2-7-32(8-3-26)50-16-14-33(15-17-50)52-24-35(25-52)51-22-28-18-36-37(19-29(28)23-51)44(58)53(43(36)57)39-12-13-40(54)48-42(39)56/h2-4,7-9,18-20,30-31,33,35,39H,5-6,10-17,22-25H2,1H3,(H,47,55)(H,48,54,56)/t30-,31-,39?. The van der Waals surface area contributed by atoms with Gasteiger partial charge in [-0.25, -0.2) is 0 Å². The molecule has 2 N–H and O–H groups in total. The first-order valence-corrected chi connectivity index (χ1v) is 20.9. The van der Waals surface area contributed by atoms with Crippen molar-refractivity contribution in [3.63, 3.8) is 0 Å². The highest BCUT2D eigenvalue weighted by Crippen LogP contribution is 2.36. The number of fused-ring (bicyclic) bond motifs is 2. The lowest BCUT2D eigenvalue weighted by Gasteiger charge is -2.50. The minimum absolute atomic E-state index is 0.0307. The van der Waals surface area contributed by atoms with Crippen molar-refractivity contribution in [2.24, 2.45) is 0 Å². The number of halogens is 1. The third-order valence-corrected chi connectivity index (χ3v) is 13.8. The van der Waals surface area contributed by atoms with E-state index in [1.807, 2.05) is 36.4 Å². The molecule has 6 aliphatic rings. The maximum atomic E-state index is 13.3. The molecule has 3 aromatic carbocycles. The zero-order valence-corrected chi connectivity index (χ0v) is 33.3. The molecule has 9 rings (SSSR count). The molecule has 5 aliphatic heterocycles. The zero-order valence-electron chi connectivity index (χ0n) is 32.6. The maximum absolute atomic E-state index is 13.3.